The highest BCUT2D eigenvalue weighted by Crippen LogP contribution is 2.30. The second-order valence-electron chi connectivity index (χ2n) is 4.55. The van der Waals surface area contributed by atoms with Crippen molar-refractivity contribution in [1.82, 2.24) is 9.97 Å². The topological polar surface area (TPSA) is 90.4 Å². The minimum Gasteiger partial charge on any atom is -0.481 e. The quantitative estimate of drug-likeness (QED) is 0.698. The van der Waals surface area contributed by atoms with E-state index < -0.39 is 10.9 Å². The normalized spacial score (nSPS) is 10.7. The minimum absolute atomic E-state index is 0.467. The molecule has 1 aromatic carbocycles. The summed E-state index contributed by atoms with van der Waals surface area (Å²) >= 11 is 0. The number of benzene rings is 1. The van der Waals surface area contributed by atoms with Crippen LogP contribution in [0.15, 0.2) is 48.8 Å². The van der Waals surface area contributed by atoms with E-state index in [4.69, 9.17) is 9.47 Å². The molecule has 23 heavy (non-hydrogen) atoms. The lowest BCUT2D eigenvalue weighted by Crippen LogP contribution is -1.94. The summed E-state index contributed by atoms with van der Waals surface area (Å²) < 4.78 is 34.5. The molecule has 0 aliphatic heterocycles. The molecule has 7 nitrogen and oxygen atoms in total. The molecule has 0 aliphatic rings. The van der Waals surface area contributed by atoms with E-state index in [-0.39, 0.29) is 0 Å². The average molecular weight is 331 g/mol. The van der Waals surface area contributed by atoms with Gasteiger partial charge in [0.15, 0.2) is 0 Å². The van der Waals surface area contributed by atoms with Gasteiger partial charge in [-0.3, -0.25) is 9.71 Å². The smallest absolute Gasteiger partial charge is 0.222 e. The van der Waals surface area contributed by atoms with Crippen LogP contribution in [0.1, 0.15) is 0 Å². The van der Waals surface area contributed by atoms with Gasteiger partial charge in [0.1, 0.15) is 11.5 Å². The first-order valence-electron chi connectivity index (χ1n) is 6.63. The number of methoxy groups -OCH3 is 1. The Morgan fingerprint density at radius 2 is 1.87 bits per heavy atom. The van der Waals surface area contributed by atoms with Crippen LogP contribution in [0.4, 0.5) is 5.69 Å². The number of pyridine rings is 2. The van der Waals surface area contributed by atoms with Crippen molar-refractivity contribution < 1.29 is 17.9 Å². The summed E-state index contributed by atoms with van der Waals surface area (Å²) in [7, 11) is -1.14. The highest BCUT2D eigenvalue weighted by molar-refractivity contribution is 7.73. The van der Waals surface area contributed by atoms with Crippen LogP contribution in [-0.2, 0) is 10.9 Å². The fourth-order valence-corrected chi connectivity index (χ4v) is 2.39. The van der Waals surface area contributed by atoms with E-state index in [0.717, 1.165) is 5.39 Å². The number of anilines is 1. The number of hydrogen-bond acceptors (Lipinski definition) is 6. The molecule has 3 aromatic rings. The van der Waals surface area contributed by atoms with Crippen LogP contribution in [-0.4, -0.2) is 25.5 Å². The molecule has 0 saturated heterocycles. The van der Waals surface area contributed by atoms with Crippen LogP contribution in [0.5, 0.6) is 17.4 Å². The maximum Gasteiger partial charge on any atom is 0.222 e. The molecule has 0 saturated carbocycles. The van der Waals surface area contributed by atoms with Crippen LogP contribution in [0.25, 0.3) is 10.9 Å². The second-order valence-corrected chi connectivity index (χ2v) is 5.29. The summed E-state index contributed by atoms with van der Waals surface area (Å²) in [5.41, 5.74) is 1.16. The van der Waals surface area contributed by atoms with E-state index in [1.165, 1.54) is 7.11 Å². The Kier molecular flexibility index (Phi) is 4.24. The largest absolute Gasteiger partial charge is 0.481 e. The van der Waals surface area contributed by atoms with Crippen molar-refractivity contribution >= 4 is 27.5 Å². The molecule has 0 unspecified atom stereocenters. The molecule has 0 radical (unpaired) electrons. The third kappa shape index (κ3) is 3.49. The Hall–Kier alpha value is -2.87. The molecule has 2 heterocycles. The fourth-order valence-electron chi connectivity index (χ4n) is 2.03. The second kappa shape index (κ2) is 6.49. The van der Waals surface area contributed by atoms with E-state index in [1.54, 1.807) is 48.8 Å². The number of ether oxygens (including phenoxy) is 2. The van der Waals surface area contributed by atoms with Gasteiger partial charge in [0.2, 0.25) is 16.8 Å². The minimum atomic E-state index is -2.68. The van der Waals surface area contributed by atoms with Gasteiger partial charge in [-0.05, 0) is 30.3 Å². The first-order valence-corrected chi connectivity index (χ1v) is 7.81. The molecule has 0 bridgehead atoms. The molecule has 8 heteroatoms. The number of nitrogens with zero attached hydrogens (tertiary/aromatic N) is 2. The Labute approximate surface area is 134 Å². The van der Waals surface area contributed by atoms with Crippen LogP contribution in [0.3, 0.4) is 0 Å². The molecule has 3 rings (SSSR count). The summed E-state index contributed by atoms with van der Waals surface area (Å²) in [5, 5.41) is 0.768. The fraction of sp³-hybridized carbons (Fsp3) is 0.0667. The van der Waals surface area contributed by atoms with Gasteiger partial charge in [0.05, 0.1) is 18.8 Å². The molecular formula is C15H13N3O4S. The van der Waals surface area contributed by atoms with E-state index in [0.29, 0.717) is 28.6 Å². The van der Waals surface area contributed by atoms with E-state index >= 15 is 0 Å². The first kappa shape index (κ1) is 15.0. The summed E-state index contributed by atoms with van der Waals surface area (Å²) in [4.78, 5) is 8.34. The summed E-state index contributed by atoms with van der Waals surface area (Å²) in [6.07, 6.45) is 3.24. The standard InChI is InChI=1S/C15H13N3O4S/c1-21-15-8-12-13(9-17-15)16-7-6-14(12)22-11-4-2-10(3-5-11)18-23(19)20/h2-9,23H,1H3,(H,18,19,20). The van der Waals surface area contributed by atoms with Gasteiger partial charge in [-0.1, -0.05) is 0 Å². The van der Waals surface area contributed by atoms with Crippen molar-refractivity contribution in [2.24, 2.45) is 0 Å². The number of hydrogen-bond donors (Lipinski definition) is 2. The summed E-state index contributed by atoms with van der Waals surface area (Å²) in [6, 6.07) is 10.1. The number of thiol groups is 1. The third-order valence-electron chi connectivity index (χ3n) is 3.07. The predicted molar refractivity (Wildman–Crippen MR) is 86.5 cm³/mol. The van der Waals surface area contributed by atoms with Gasteiger partial charge in [0, 0.05) is 23.3 Å². The number of fused-ring (bicyclic) bond motifs is 1. The Morgan fingerprint density at radius 3 is 2.57 bits per heavy atom. The van der Waals surface area contributed by atoms with Crippen LogP contribution in [0, 0.1) is 0 Å². The average Bonchev–Trinajstić information content (AvgIpc) is 2.56. The van der Waals surface area contributed by atoms with Crippen LogP contribution < -0.4 is 14.2 Å². The Bertz CT molecular complexity index is 902. The van der Waals surface area contributed by atoms with Gasteiger partial charge < -0.3 is 9.47 Å². The summed E-state index contributed by atoms with van der Waals surface area (Å²) in [6.45, 7) is 0. The Balaban J connectivity index is 1.91. The van der Waals surface area contributed by atoms with Crippen LogP contribution >= 0.6 is 0 Å². The number of aromatic nitrogens is 2. The molecule has 0 atom stereocenters. The highest BCUT2D eigenvalue weighted by Gasteiger charge is 2.07. The monoisotopic (exact) mass is 331 g/mol. The van der Waals surface area contributed by atoms with Gasteiger partial charge in [0.25, 0.3) is 0 Å². The number of nitrogens with one attached hydrogen (secondary N) is 1. The van der Waals surface area contributed by atoms with E-state index in [9.17, 15) is 8.42 Å². The van der Waals surface area contributed by atoms with Crippen molar-refractivity contribution in [1.29, 1.82) is 0 Å². The maximum absolute atomic E-state index is 10.6. The lowest BCUT2D eigenvalue weighted by atomic mass is 10.2. The van der Waals surface area contributed by atoms with Crippen molar-refractivity contribution in [2.45, 2.75) is 0 Å². The molecule has 0 amide bonds. The number of rotatable bonds is 5. The third-order valence-corrected chi connectivity index (χ3v) is 3.52. The Morgan fingerprint density at radius 1 is 1.09 bits per heavy atom. The maximum atomic E-state index is 10.6. The van der Waals surface area contributed by atoms with Gasteiger partial charge in [-0.2, -0.15) is 0 Å². The van der Waals surface area contributed by atoms with Gasteiger partial charge >= 0.3 is 0 Å². The van der Waals surface area contributed by atoms with Crippen molar-refractivity contribution in [2.75, 3.05) is 11.8 Å². The molecular weight excluding hydrogens is 318 g/mol. The highest BCUT2D eigenvalue weighted by atomic mass is 32.2. The molecule has 0 aliphatic carbocycles. The molecule has 0 spiro atoms. The summed E-state index contributed by atoms with van der Waals surface area (Å²) in [5.74, 6) is 1.64. The zero-order valence-electron chi connectivity index (χ0n) is 12.1. The van der Waals surface area contributed by atoms with Crippen molar-refractivity contribution in [3.05, 3.63) is 48.8 Å². The lowest BCUT2D eigenvalue weighted by molar-refractivity contribution is 0.398. The molecule has 118 valence electrons. The van der Waals surface area contributed by atoms with Crippen LogP contribution in [0.2, 0.25) is 0 Å². The predicted octanol–water partition coefficient (Wildman–Crippen LogP) is 2.37. The first-order chi connectivity index (χ1) is 11.2. The van der Waals surface area contributed by atoms with E-state index in [1.807, 2.05) is 0 Å². The zero-order chi connectivity index (χ0) is 16.2. The molecule has 2 aromatic heterocycles. The van der Waals surface area contributed by atoms with Gasteiger partial charge in [-0.25, -0.2) is 13.4 Å². The molecule has 1 N–H and O–H groups in total. The van der Waals surface area contributed by atoms with Crippen molar-refractivity contribution in [3.63, 3.8) is 0 Å². The lowest BCUT2D eigenvalue weighted by Gasteiger charge is -2.09. The van der Waals surface area contributed by atoms with Crippen molar-refractivity contribution in [3.8, 4) is 17.4 Å². The van der Waals surface area contributed by atoms with Gasteiger partial charge in [-0.15, -0.1) is 0 Å². The molecule has 0 fully saturated rings. The zero-order valence-corrected chi connectivity index (χ0v) is 13.0. The van der Waals surface area contributed by atoms with E-state index in [2.05, 4.69) is 14.7 Å². The SMILES string of the molecule is COc1cc2c(Oc3ccc(N[SH](=O)=O)cc3)ccnc2cn1.